The fraction of sp³-hybridized carbons (Fsp3) is 0.429. The number of carbonyl (C=O) groups is 2. The summed E-state index contributed by atoms with van der Waals surface area (Å²) in [5, 5.41) is 0. The molecule has 0 bridgehead atoms. The third-order valence-corrected chi connectivity index (χ3v) is 2.83. The number of nitrogens with two attached hydrogens (primary N) is 1. The molecule has 0 saturated heterocycles. The first-order valence-corrected chi connectivity index (χ1v) is 6.39. The summed E-state index contributed by atoms with van der Waals surface area (Å²) in [5.74, 6) is -0.572. The van der Waals surface area contributed by atoms with Crippen molar-refractivity contribution in [3.05, 3.63) is 35.9 Å². The molecule has 0 spiro atoms. The summed E-state index contributed by atoms with van der Waals surface area (Å²) in [5.41, 5.74) is 11.4. The van der Waals surface area contributed by atoms with Crippen molar-refractivity contribution in [1.29, 1.82) is 0 Å². The molecule has 5 nitrogen and oxygen atoms in total. The minimum absolute atomic E-state index is 0.0289. The van der Waals surface area contributed by atoms with E-state index in [2.05, 4.69) is 10.9 Å². The van der Waals surface area contributed by atoms with E-state index in [1.807, 2.05) is 44.2 Å². The number of benzene rings is 1. The molecule has 2 amide bonds. The van der Waals surface area contributed by atoms with Gasteiger partial charge in [-0.15, -0.1) is 0 Å². The molecule has 0 aliphatic rings. The number of hydrogen-bond donors (Lipinski definition) is 3. The van der Waals surface area contributed by atoms with Gasteiger partial charge in [-0.25, -0.2) is 0 Å². The summed E-state index contributed by atoms with van der Waals surface area (Å²) in [6, 6.07) is 9.08. The van der Waals surface area contributed by atoms with E-state index in [9.17, 15) is 9.59 Å². The summed E-state index contributed by atoms with van der Waals surface area (Å²) in [7, 11) is 0. The number of aryl methyl sites for hydroxylation is 1. The first kappa shape index (κ1) is 15.2. The Morgan fingerprint density at radius 3 is 2.37 bits per heavy atom. The smallest absolute Gasteiger partial charge is 0.255 e. The molecule has 0 radical (unpaired) electrons. The van der Waals surface area contributed by atoms with Gasteiger partial charge in [-0.2, -0.15) is 0 Å². The van der Waals surface area contributed by atoms with Crippen LogP contribution < -0.4 is 16.6 Å². The van der Waals surface area contributed by atoms with Crippen LogP contribution in [-0.2, 0) is 16.0 Å². The average molecular weight is 263 g/mol. The molecule has 19 heavy (non-hydrogen) atoms. The van der Waals surface area contributed by atoms with Gasteiger partial charge < -0.3 is 5.73 Å². The molecule has 1 rings (SSSR count). The second-order valence-corrected chi connectivity index (χ2v) is 4.79. The van der Waals surface area contributed by atoms with Crippen molar-refractivity contribution in [3.8, 4) is 0 Å². The first-order valence-electron chi connectivity index (χ1n) is 6.39. The zero-order valence-corrected chi connectivity index (χ0v) is 11.3. The third-order valence-electron chi connectivity index (χ3n) is 2.83. The number of amides is 2. The first-order chi connectivity index (χ1) is 9.00. The molecule has 0 aromatic heterocycles. The van der Waals surface area contributed by atoms with Crippen molar-refractivity contribution in [2.24, 2.45) is 11.7 Å². The van der Waals surface area contributed by atoms with Crippen molar-refractivity contribution in [1.82, 2.24) is 10.9 Å². The Bertz CT molecular complexity index is 418. The van der Waals surface area contributed by atoms with Gasteiger partial charge in [0.25, 0.3) is 5.91 Å². The van der Waals surface area contributed by atoms with Gasteiger partial charge in [-0.1, -0.05) is 44.2 Å². The molecule has 5 heteroatoms. The van der Waals surface area contributed by atoms with Crippen molar-refractivity contribution in [3.63, 3.8) is 0 Å². The summed E-state index contributed by atoms with van der Waals surface area (Å²) in [6.45, 7) is 3.70. The number of rotatable bonds is 5. The Morgan fingerprint density at radius 1 is 1.16 bits per heavy atom. The zero-order chi connectivity index (χ0) is 14.3. The Kier molecular flexibility index (Phi) is 6.02. The fourth-order valence-corrected chi connectivity index (χ4v) is 1.48. The number of carbonyl (C=O) groups excluding carboxylic acids is 2. The van der Waals surface area contributed by atoms with Crippen molar-refractivity contribution in [2.75, 3.05) is 0 Å². The number of hydrazine groups is 1. The topological polar surface area (TPSA) is 84.2 Å². The van der Waals surface area contributed by atoms with E-state index in [0.29, 0.717) is 12.8 Å². The molecule has 104 valence electrons. The summed E-state index contributed by atoms with van der Waals surface area (Å²) in [4.78, 5) is 23.1. The van der Waals surface area contributed by atoms with E-state index >= 15 is 0 Å². The highest BCUT2D eigenvalue weighted by atomic mass is 16.2. The Labute approximate surface area is 113 Å². The van der Waals surface area contributed by atoms with Crippen LogP contribution in [0.3, 0.4) is 0 Å². The third kappa shape index (κ3) is 5.52. The highest BCUT2D eigenvalue weighted by Gasteiger charge is 2.17. The quantitative estimate of drug-likeness (QED) is 0.685. The second kappa shape index (κ2) is 7.53. The van der Waals surface area contributed by atoms with E-state index in [1.165, 1.54) is 0 Å². The van der Waals surface area contributed by atoms with E-state index in [1.54, 1.807) is 0 Å². The maximum atomic E-state index is 11.5. The van der Waals surface area contributed by atoms with Gasteiger partial charge in [0.05, 0.1) is 6.04 Å². The largest absolute Gasteiger partial charge is 0.320 e. The van der Waals surface area contributed by atoms with Crippen LogP contribution in [0.2, 0.25) is 0 Å². The molecule has 0 heterocycles. The average Bonchev–Trinajstić information content (AvgIpc) is 2.42. The van der Waals surface area contributed by atoms with Crippen LogP contribution in [0.5, 0.6) is 0 Å². The molecule has 1 atom stereocenters. The number of hydrogen-bond acceptors (Lipinski definition) is 3. The van der Waals surface area contributed by atoms with Crippen LogP contribution in [0, 0.1) is 5.92 Å². The van der Waals surface area contributed by atoms with Crippen molar-refractivity contribution < 1.29 is 9.59 Å². The minimum Gasteiger partial charge on any atom is -0.320 e. The zero-order valence-electron chi connectivity index (χ0n) is 11.3. The summed E-state index contributed by atoms with van der Waals surface area (Å²) < 4.78 is 0. The fourth-order valence-electron chi connectivity index (χ4n) is 1.48. The van der Waals surface area contributed by atoms with Crippen LogP contribution in [0.25, 0.3) is 0 Å². The van der Waals surface area contributed by atoms with E-state index < -0.39 is 6.04 Å². The van der Waals surface area contributed by atoms with E-state index in [0.717, 1.165) is 5.56 Å². The van der Waals surface area contributed by atoms with Gasteiger partial charge in [-0.05, 0) is 17.9 Å². The van der Waals surface area contributed by atoms with Crippen LogP contribution in [0.15, 0.2) is 30.3 Å². The van der Waals surface area contributed by atoms with Gasteiger partial charge in [0.1, 0.15) is 0 Å². The maximum absolute atomic E-state index is 11.5. The normalized spacial score (nSPS) is 12.0. The maximum Gasteiger partial charge on any atom is 0.255 e. The molecular weight excluding hydrogens is 242 g/mol. The van der Waals surface area contributed by atoms with Gasteiger partial charge in [-0.3, -0.25) is 20.4 Å². The predicted octanol–water partition coefficient (Wildman–Crippen LogP) is 0.750. The predicted molar refractivity (Wildman–Crippen MR) is 73.9 cm³/mol. The van der Waals surface area contributed by atoms with Gasteiger partial charge in [0.2, 0.25) is 5.91 Å². The molecule has 1 unspecified atom stereocenters. The van der Waals surface area contributed by atoms with Crippen LogP contribution >= 0.6 is 0 Å². The van der Waals surface area contributed by atoms with Crippen molar-refractivity contribution >= 4 is 11.8 Å². The molecule has 0 saturated carbocycles. The Morgan fingerprint density at radius 2 is 1.79 bits per heavy atom. The molecule has 1 aromatic carbocycles. The summed E-state index contributed by atoms with van der Waals surface area (Å²) in [6.07, 6.45) is 0.958. The van der Waals surface area contributed by atoms with Gasteiger partial charge in [0.15, 0.2) is 0 Å². The molecule has 4 N–H and O–H groups in total. The lowest BCUT2D eigenvalue weighted by Crippen LogP contribution is -2.51. The van der Waals surface area contributed by atoms with Crippen molar-refractivity contribution in [2.45, 2.75) is 32.7 Å². The molecule has 0 fully saturated rings. The summed E-state index contributed by atoms with van der Waals surface area (Å²) >= 11 is 0. The molecular formula is C14H21N3O2. The minimum atomic E-state index is -0.616. The highest BCUT2D eigenvalue weighted by molar-refractivity contribution is 5.85. The van der Waals surface area contributed by atoms with Gasteiger partial charge >= 0.3 is 0 Å². The van der Waals surface area contributed by atoms with E-state index in [4.69, 9.17) is 5.73 Å². The molecule has 1 aromatic rings. The highest BCUT2D eigenvalue weighted by Crippen LogP contribution is 2.02. The molecule has 0 aliphatic heterocycles. The van der Waals surface area contributed by atoms with E-state index in [-0.39, 0.29) is 17.7 Å². The monoisotopic (exact) mass is 263 g/mol. The lowest BCUT2D eigenvalue weighted by molar-refractivity contribution is -0.130. The Balaban J connectivity index is 2.27. The lowest BCUT2D eigenvalue weighted by atomic mass is 10.1. The van der Waals surface area contributed by atoms with Crippen LogP contribution in [0.1, 0.15) is 25.8 Å². The lowest BCUT2D eigenvalue weighted by Gasteiger charge is -2.15. The van der Waals surface area contributed by atoms with Crippen LogP contribution in [0.4, 0.5) is 0 Å². The van der Waals surface area contributed by atoms with Crippen LogP contribution in [-0.4, -0.2) is 17.9 Å². The standard InChI is InChI=1S/C14H21N3O2/c1-10(2)13(15)14(19)17-16-12(18)9-8-11-6-4-3-5-7-11/h3-7,10,13H,8-9,15H2,1-2H3,(H,16,18)(H,17,19). The molecule has 0 aliphatic carbocycles. The Hall–Kier alpha value is -1.88. The number of nitrogens with one attached hydrogen (secondary N) is 2. The second-order valence-electron chi connectivity index (χ2n) is 4.79. The van der Waals surface area contributed by atoms with Gasteiger partial charge in [0, 0.05) is 6.42 Å². The SMILES string of the molecule is CC(C)C(N)C(=O)NNC(=O)CCc1ccccc1.